The summed E-state index contributed by atoms with van der Waals surface area (Å²) in [6.07, 6.45) is 1.68. The number of phenols is 1. The van der Waals surface area contributed by atoms with Crippen molar-refractivity contribution in [2.75, 3.05) is 0 Å². The summed E-state index contributed by atoms with van der Waals surface area (Å²) in [5.41, 5.74) is 1.08. The Labute approximate surface area is 188 Å². The third-order valence-electron chi connectivity index (χ3n) is 4.47. The number of carboxylic acid groups (broad SMARTS) is 1. The van der Waals surface area contributed by atoms with E-state index in [0.29, 0.717) is 27.1 Å². The number of rotatable bonds is 6. The van der Waals surface area contributed by atoms with E-state index in [2.05, 4.69) is 20.4 Å². The maximum absolute atomic E-state index is 14.4. The molecule has 3 N–H and O–H groups in total. The topological polar surface area (TPSA) is 130 Å². The van der Waals surface area contributed by atoms with Gasteiger partial charge in [-0.05, 0) is 25.1 Å². The minimum atomic E-state index is -1.42. The summed E-state index contributed by atoms with van der Waals surface area (Å²) in [5.74, 6) is -3.06. The molecule has 0 aliphatic rings. The highest BCUT2D eigenvalue weighted by Crippen LogP contribution is 2.36. The summed E-state index contributed by atoms with van der Waals surface area (Å²) in [4.78, 5) is 32.9. The van der Waals surface area contributed by atoms with Crippen LogP contribution in [0.25, 0.3) is 21.1 Å². The van der Waals surface area contributed by atoms with E-state index in [1.807, 2.05) is 6.92 Å². The molecule has 0 spiro atoms. The van der Waals surface area contributed by atoms with Crippen molar-refractivity contribution >= 4 is 34.6 Å². The molecule has 9 nitrogen and oxygen atoms in total. The number of hydrogen-bond donors (Lipinski definition) is 3. The van der Waals surface area contributed by atoms with E-state index in [-0.39, 0.29) is 18.0 Å². The molecule has 0 aliphatic carbocycles. The van der Waals surface area contributed by atoms with E-state index in [4.69, 9.17) is 5.11 Å². The van der Waals surface area contributed by atoms with E-state index in [9.17, 15) is 19.1 Å². The number of carbonyl (C=O) groups is 2. The molecule has 4 rings (SSSR count). The molecule has 0 atom stereocenters. The quantitative estimate of drug-likeness (QED) is 0.391. The maximum Gasteiger partial charge on any atom is 0.339 e. The van der Waals surface area contributed by atoms with Gasteiger partial charge in [-0.2, -0.15) is 5.10 Å². The highest BCUT2D eigenvalue weighted by molar-refractivity contribution is 7.16. The number of nitrogens with one attached hydrogen (secondary N) is 1. The molecule has 32 heavy (non-hydrogen) atoms. The monoisotopic (exact) mass is 473 g/mol. The molecule has 164 valence electrons. The first-order valence-electron chi connectivity index (χ1n) is 9.19. The number of nitrogens with zero attached hydrogens (tertiary/aromatic N) is 4. The average molecular weight is 474 g/mol. The third kappa shape index (κ3) is 4.22. The predicted octanol–water partition coefficient (Wildman–Crippen LogP) is 3.45. The lowest BCUT2D eigenvalue weighted by Gasteiger charge is -2.04. The summed E-state index contributed by atoms with van der Waals surface area (Å²) in [6.45, 7) is 2.03. The highest BCUT2D eigenvalue weighted by atomic mass is 32.1. The normalized spacial score (nSPS) is 11.0. The van der Waals surface area contributed by atoms with E-state index in [0.717, 1.165) is 28.3 Å². The van der Waals surface area contributed by atoms with Crippen LogP contribution in [0.5, 0.6) is 5.75 Å². The molecule has 4 aromatic rings. The molecule has 0 saturated carbocycles. The molecular weight excluding hydrogens is 457 g/mol. The summed E-state index contributed by atoms with van der Waals surface area (Å²) in [5, 5.41) is 28.4. The first-order chi connectivity index (χ1) is 15.2. The van der Waals surface area contributed by atoms with Gasteiger partial charge < -0.3 is 15.5 Å². The van der Waals surface area contributed by atoms with E-state index >= 15 is 0 Å². The lowest BCUT2D eigenvalue weighted by molar-refractivity contribution is 0.0693. The molecule has 0 aliphatic heterocycles. The average Bonchev–Trinajstić information content (AvgIpc) is 3.47. The van der Waals surface area contributed by atoms with Crippen LogP contribution < -0.4 is 5.32 Å². The van der Waals surface area contributed by atoms with Gasteiger partial charge in [0.1, 0.15) is 32.8 Å². The molecular formula is C20H16FN5O4S2. The summed E-state index contributed by atoms with van der Waals surface area (Å²) < 4.78 is 16.0. The zero-order valence-electron chi connectivity index (χ0n) is 16.8. The molecule has 12 heteroatoms. The van der Waals surface area contributed by atoms with Crippen LogP contribution in [0.4, 0.5) is 4.39 Å². The standard InChI is InChI=1S/C20H16FN5O4S2/c1-9-17(32-16(23-9)7-22-18(28)13-3-4-26(2)25-13)14-8-31-19(24-14)10-6-15(27)11(20(29)30)5-12(10)21/h3-6,8,27H,7H2,1-2H3,(H,22,28)(H,29,30). The number of amides is 1. The number of hydrogen-bond acceptors (Lipinski definition) is 8. The number of carbonyl (C=O) groups excluding carboxylic acids is 1. The number of benzene rings is 1. The first-order valence-corrected chi connectivity index (χ1v) is 10.9. The second kappa shape index (κ2) is 8.48. The molecule has 0 saturated heterocycles. The third-order valence-corrected chi connectivity index (χ3v) is 6.53. The number of aryl methyl sites for hydroxylation is 2. The lowest BCUT2D eigenvalue weighted by Crippen LogP contribution is -2.23. The summed E-state index contributed by atoms with van der Waals surface area (Å²) >= 11 is 2.51. The molecule has 3 aromatic heterocycles. The molecule has 0 unspecified atom stereocenters. The fourth-order valence-electron chi connectivity index (χ4n) is 2.95. The minimum Gasteiger partial charge on any atom is -0.507 e. The number of aromatic carboxylic acids is 1. The van der Waals surface area contributed by atoms with Gasteiger partial charge in [-0.1, -0.05) is 0 Å². The van der Waals surface area contributed by atoms with Crippen molar-refractivity contribution in [3.63, 3.8) is 0 Å². The van der Waals surface area contributed by atoms with Gasteiger partial charge in [0.15, 0.2) is 0 Å². The number of aromatic hydroxyl groups is 1. The van der Waals surface area contributed by atoms with Crippen LogP contribution in [0, 0.1) is 12.7 Å². The first kappa shape index (κ1) is 21.6. The Balaban J connectivity index is 1.54. The Morgan fingerprint density at radius 2 is 2.06 bits per heavy atom. The van der Waals surface area contributed by atoms with Crippen LogP contribution in [-0.4, -0.2) is 41.8 Å². The van der Waals surface area contributed by atoms with Crippen molar-refractivity contribution in [2.45, 2.75) is 13.5 Å². The summed E-state index contributed by atoms with van der Waals surface area (Å²) in [7, 11) is 1.73. The zero-order chi connectivity index (χ0) is 23.0. The SMILES string of the molecule is Cc1nc(CNC(=O)c2ccn(C)n2)sc1-c1csc(-c2cc(O)c(C(=O)O)cc2F)n1. The molecule has 0 fully saturated rings. The Morgan fingerprint density at radius 1 is 1.28 bits per heavy atom. The van der Waals surface area contributed by atoms with Crippen LogP contribution >= 0.6 is 22.7 Å². The van der Waals surface area contributed by atoms with Crippen molar-refractivity contribution in [2.24, 2.45) is 7.05 Å². The number of carboxylic acids is 1. The Bertz CT molecular complexity index is 1340. The highest BCUT2D eigenvalue weighted by Gasteiger charge is 2.20. The van der Waals surface area contributed by atoms with Gasteiger partial charge in [-0.3, -0.25) is 9.48 Å². The van der Waals surface area contributed by atoms with Gasteiger partial charge in [0, 0.05) is 24.2 Å². The molecule has 3 heterocycles. The Hall–Kier alpha value is -3.64. The van der Waals surface area contributed by atoms with Gasteiger partial charge in [0.2, 0.25) is 0 Å². The lowest BCUT2D eigenvalue weighted by atomic mass is 10.1. The van der Waals surface area contributed by atoms with Gasteiger partial charge in [-0.15, -0.1) is 22.7 Å². The maximum atomic E-state index is 14.4. The zero-order valence-corrected chi connectivity index (χ0v) is 18.4. The Kier molecular flexibility index (Phi) is 5.72. The number of thiazole rings is 2. The molecule has 1 amide bonds. The fourth-order valence-corrected chi connectivity index (χ4v) is 4.81. The Morgan fingerprint density at radius 3 is 2.75 bits per heavy atom. The van der Waals surface area contributed by atoms with Gasteiger partial charge in [0.25, 0.3) is 5.91 Å². The van der Waals surface area contributed by atoms with Crippen LogP contribution in [0.2, 0.25) is 0 Å². The summed E-state index contributed by atoms with van der Waals surface area (Å²) in [6, 6.07) is 3.44. The minimum absolute atomic E-state index is 0.00812. The van der Waals surface area contributed by atoms with Gasteiger partial charge >= 0.3 is 5.97 Å². The van der Waals surface area contributed by atoms with Crippen LogP contribution in [0.3, 0.4) is 0 Å². The molecule has 0 radical (unpaired) electrons. The molecule has 1 aromatic carbocycles. The van der Waals surface area contributed by atoms with Gasteiger partial charge in [0.05, 0.1) is 22.8 Å². The van der Waals surface area contributed by atoms with Crippen molar-refractivity contribution in [3.8, 4) is 26.9 Å². The van der Waals surface area contributed by atoms with E-state index < -0.39 is 23.1 Å². The second-order valence-corrected chi connectivity index (χ2v) is 8.71. The van der Waals surface area contributed by atoms with Crippen molar-refractivity contribution in [3.05, 3.63) is 57.6 Å². The van der Waals surface area contributed by atoms with E-state index in [1.165, 1.54) is 16.0 Å². The smallest absolute Gasteiger partial charge is 0.339 e. The van der Waals surface area contributed by atoms with Crippen LogP contribution in [0.1, 0.15) is 31.5 Å². The second-order valence-electron chi connectivity index (χ2n) is 6.77. The largest absolute Gasteiger partial charge is 0.507 e. The van der Waals surface area contributed by atoms with Crippen molar-refractivity contribution in [1.29, 1.82) is 0 Å². The predicted molar refractivity (Wildman–Crippen MR) is 116 cm³/mol. The fraction of sp³-hybridized carbons (Fsp3) is 0.150. The van der Waals surface area contributed by atoms with E-state index in [1.54, 1.807) is 24.7 Å². The van der Waals surface area contributed by atoms with Crippen LogP contribution in [-0.2, 0) is 13.6 Å². The van der Waals surface area contributed by atoms with Gasteiger partial charge in [-0.25, -0.2) is 19.2 Å². The number of halogens is 1. The number of aromatic nitrogens is 4. The van der Waals surface area contributed by atoms with Crippen LogP contribution in [0.15, 0.2) is 29.8 Å². The van der Waals surface area contributed by atoms with Crippen molar-refractivity contribution in [1.82, 2.24) is 25.1 Å². The van der Waals surface area contributed by atoms with Crippen molar-refractivity contribution < 1.29 is 24.2 Å². The molecule has 0 bridgehead atoms.